The maximum atomic E-state index is 10.6. The van der Waals surface area contributed by atoms with Crippen LogP contribution in [0.5, 0.6) is 0 Å². The predicted octanol–water partition coefficient (Wildman–Crippen LogP) is 4.37. The lowest BCUT2D eigenvalue weighted by Gasteiger charge is -2.29. The maximum absolute atomic E-state index is 10.6. The summed E-state index contributed by atoms with van der Waals surface area (Å²) in [4.78, 5) is 0. The fourth-order valence-electron chi connectivity index (χ4n) is 3.26. The van der Waals surface area contributed by atoms with Crippen molar-refractivity contribution in [1.82, 2.24) is 0 Å². The van der Waals surface area contributed by atoms with E-state index in [1.165, 1.54) is 32.1 Å². The Balaban J connectivity index is 2.10. The molecular weight excluding hydrogens is 293 g/mol. The van der Waals surface area contributed by atoms with Crippen LogP contribution in [0.3, 0.4) is 0 Å². The van der Waals surface area contributed by atoms with Crippen LogP contribution in [0.15, 0.2) is 18.2 Å². The summed E-state index contributed by atoms with van der Waals surface area (Å²) in [5.74, 6) is 0.423. The highest BCUT2D eigenvalue weighted by molar-refractivity contribution is 6.36. The van der Waals surface area contributed by atoms with Crippen molar-refractivity contribution in [3.05, 3.63) is 33.8 Å². The van der Waals surface area contributed by atoms with Crippen LogP contribution < -0.4 is 5.73 Å². The molecule has 1 fully saturated rings. The number of aliphatic hydroxyl groups is 1. The van der Waals surface area contributed by atoms with Gasteiger partial charge in [0.25, 0.3) is 0 Å². The first-order valence-corrected chi connectivity index (χ1v) is 8.21. The van der Waals surface area contributed by atoms with Crippen LogP contribution in [0.25, 0.3) is 0 Å². The summed E-state index contributed by atoms with van der Waals surface area (Å²) in [6, 6.07) is 5.42. The molecule has 1 aromatic rings. The molecule has 2 unspecified atom stereocenters. The van der Waals surface area contributed by atoms with Gasteiger partial charge in [0.15, 0.2) is 0 Å². The topological polar surface area (TPSA) is 46.2 Å². The molecule has 112 valence electrons. The first-order valence-electron chi connectivity index (χ1n) is 7.45. The van der Waals surface area contributed by atoms with Gasteiger partial charge < -0.3 is 10.8 Å². The highest BCUT2D eigenvalue weighted by Crippen LogP contribution is 2.36. The van der Waals surface area contributed by atoms with Crippen LogP contribution in [0.2, 0.25) is 10.0 Å². The zero-order valence-electron chi connectivity index (χ0n) is 11.7. The minimum Gasteiger partial charge on any atom is -0.392 e. The van der Waals surface area contributed by atoms with Gasteiger partial charge in [0.05, 0.1) is 6.10 Å². The molecule has 2 nitrogen and oxygen atoms in total. The van der Waals surface area contributed by atoms with Crippen molar-refractivity contribution in [2.45, 2.75) is 50.5 Å². The van der Waals surface area contributed by atoms with Gasteiger partial charge in [-0.3, -0.25) is 0 Å². The van der Waals surface area contributed by atoms with E-state index >= 15 is 0 Å². The van der Waals surface area contributed by atoms with E-state index in [4.69, 9.17) is 28.9 Å². The smallest absolute Gasteiger partial charge is 0.0624 e. The molecule has 1 aliphatic rings. The van der Waals surface area contributed by atoms with Gasteiger partial charge in [-0.1, -0.05) is 61.4 Å². The predicted molar refractivity (Wildman–Crippen MR) is 85.5 cm³/mol. The summed E-state index contributed by atoms with van der Waals surface area (Å²) in [6.07, 6.45) is 6.62. The number of aliphatic hydroxyl groups excluding tert-OH is 1. The molecule has 0 radical (unpaired) electrons. The van der Waals surface area contributed by atoms with Crippen LogP contribution in [0, 0.1) is 5.92 Å². The van der Waals surface area contributed by atoms with E-state index in [1.807, 2.05) is 6.07 Å². The average molecular weight is 316 g/mol. The Hall–Kier alpha value is -0.280. The van der Waals surface area contributed by atoms with Crippen LogP contribution in [-0.4, -0.2) is 17.8 Å². The van der Waals surface area contributed by atoms with E-state index in [1.54, 1.807) is 12.1 Å². The van der Waals surface area contributed by atoms with Gasteiger partial charge in [0, 0.05) is 22.5 Å². The van der Waals surface area contributed by atoms with Crippen molar-refractivity contribution in [3.63, 3.8) is 0 Å². The van der Waals surface area contributed by atoms with Gasteiger partial charge in [0.1, 0.15) is 0 Å². The van der Waals surface area contributed by atoms with Gasteiger partial charge in [-0.2, -0.15) is 0 Å². The lowest BCUT2D eigenvalue weighted by atomic mass is 9.81. The van der Waals surface area contributed by atoms with Crippen LogP contribution in [-0.2, 0) is 0 Å². The molecule has 0 spiro atoms. The molecular formula is C16H23Cl2NO. The molecule has 0 amide bonds. The molecule has 1 aliphatic carbocycles. The third-order valence-corrected chi connectivity index (χ3v) is 5.05. The average Bonchev–Trinajstić information content (AvgIpc) is 2.44. The van der Waals surface area contributed by atoms with E-state index < -0.39 is 6.10 Å². The third kappa shape index (κ3) is 3.88. The van der Waals surface area contributed by atoms with Gasteiger partial charge in [-0.05, 0) is 30.0 Å². The molecule has 2 atom stereocenters. The SMILES string of the molecule is NCC(c1c(Cl)cccc1Cl)C(O)CC1CCCCC1. The van der Waals surface area contributed by atoms with E-state index in [0.717, 1.165) is 12.0 Å². The molecule has 0 saturated heterocycles. The number of rotatable bonds is 5. The fourth-order valence-corrected chi connectivity index (χ4v) is 3.94. The number of benzene rings is 1. The summed E-state index contributed by atoms with van der Waals surface area (Å²) in [5, 5.41) is 11.8. The Kier molecular flexibility index (Phi) is 6.16. The first kappa shape index (κ1) is 16.1. The summed E-state index contributed by atoms with van der Waals surface area (Å²) in [6.45, 7) is 0.358. The minimum atomic E-state index is -0.472. The number of halogens is 2. The maximum Gasteiger partial charge on any atom is 0.0624 e. The Morgan fingerprint density at radius 2 is 1.75 bits per heavy atom. The van der Waals surface area contributed by atoms with Crippen LogP contribution in [0.4, 0.5) is 0 Å². The molecule has 0 aliphatic heterocycles. The molecule has 4 heteroatoms. The lowest BCUT2D eigenvalue weighted by Crippen LogP contribution is -2.29. The Labute approximate surface area is 131 Å². The molecule has 0 bridgehead atoms. The third-order valence-electron chi connectivity index (χ3n) is 4.39. The molecule has 1 aromatic carbocycles. The Morgan fingerprint density at radius 1 is 1.15 bits per heavy atom. The first-order chi connectivity index (χ1) is 9.63. The van der Waals surface area contributed by atoms with E-state index in [-0.39, 0.29) is 5.92 Å². The van der Waals surface area contributed by atoms with Crippen molar-refractivity contribution < 1.29 is 5.11 Å². The van der Waals surface area contributed by atoms with Crippen LogP contribution >= 0.6 is 23.2 Å². The lowest BCUT2D eigenvalue weighted by molar-refractivity contribution is 0.106. The Bertz CT molecular complexity index is 412. The van der Waals surface area contributed by atoms with E-state index in [0.29, 0.717) is 22.5 Å². The number of nitrogens with two attached hydrogens (primary N) is 1. The second-order valence-corrected chi connectivity index (χ2v) is 6.60. The summed E-state index contributed by atoms with van der Waals surface area (Å²) in [7, 11) is 0. The number of hydrogen-bond acceptors (Lipinski definition) is 2. The summed E-state index contributed by atoms with van der Waals surface area (Å²) < 4.78 is 0. The fraction of sp³-hybridized carbons (Fsp3) is 0.625. The molecule has 1 saturated carbocycles. The van der Waals surface area contributed by atoms with Gasteiger partial charge in [0.2, 0.25) is 0 Å². The van der Waals surface area contributed by atoms with Gasteiger partial charge >= 0.3 is 0 Å². The molecule has 0 aromatic heterocycles. The summed E-state index contributed by atoms with van der Waals surface area (Å²) >= 11 is 12.5. The quantitative estimate of drug-likeness (QED) is 0.847. The molecule has 20 heavy (non-hydrogen) atoms. The molecule has 0 heterocycles. The number of hydrogen-bond donors (Lipinski definition) is 2. The largest absolute Gasteiger partial charge is 0.392 e. The normalized spacial score (nSPS) is 19.8. The van der Waals surface area contributed by atoms with Crippen molar-refractivity contribution in [3.8, 4) is 0 Å². The second kappa shape index (κ2) is 7.65. The molecule has 3 N–H and O–H groups in total. The highest BCUT2D eigenvalue weighted by atomic mass is 35.5. The zero-order valence-corrected chi connectivity index (χ0v) is 13.2. The minimum absolute atomic E-state index is 0.182. The highest BCUT2D eigenvalue weighted by Gasteiger charge is 2.27. The monoisotopic (exact) mass is 315 g/mol. The van der Waals surface area contributed by atoms with E-state index in [2.05, 4.69) is 0 Å². The van der Waals surface area contributed by atoms with Crippen LogP contribution in [0.1, 0.15) is 50.0 Å². The molecule has 2 rings (SSSR count). The Morgan fingerprint density at radius 3 is 2.30 bits per heavy atom. The van der Waals surface area contributed by atoms with Crippen molar-refractivity contribution >= 4 is 23.2 Å². The summed E-state index contributed by atoms with van der Waals surface area (Å²) in [5.41, 5.74) is 6.66. The van der Waals surface area contributed by atoms with Gasteiger partial charge in [-0.15, -0.1) is 0 Å². The van der Waals surface area contributed by atoms with Crippen molar-refractivity contribution in [2.75, 3.05) is 6.54 Å². The van der Waals surface area contributed by atoms with Crippen molar-refractivity contribution in [2.24, 2.45) is 11.7 Å². The van der Waals surface area contributed by atoms with E-state index in [9.17, 15) is 5.11 Å². The standard InChI is InChI=1S/C16H23Cl2NO/c17-13-7-4-8-14(18)16(13)12(10-19)15(20)9-11-5-2-1-3-6-11/h4,7-8,11-12,15,20H,1-3,5-6,9-10,19H2. The second-order valence-electron chi connectivity index (χ2n) is 5.78. The van der Waals surface area contributed by atoms with Gasteiger partial charge in [-0.25, -0.2) is 0 Å². The zero-order chi connectivity index (χ0) is 14.5. The van der Waals surface area contributed by atoms with Crippen molar-refractivity contribution in [1.29, 1.82) is 0 Å².